The SMILES string of the molecule is CCCCCCS(=O)c1nc2ccc(N)cc2[nH]1. The number of nitrogens with two attached hydrogens (primary N) is 1. The number of imidazole rings is 1. The molecule has 1 heterocycles. The van der Waals surface area contributed by atoms with E-state index in [-0.39, 0.29) is 0 Å². The summed E-state index contributed by atoms with van der Waals surface area (Å²) in [5, 5.41) is 0.562. The first-order chi connectivity index (χ1) is 8.70. The molecule has 1 unspecified atom stereocenters. The molecule has 1 aromatic heterocycles. The largest absolute Gasteiger partial charge is 0.399 e. The normalized spacial score (nSPS) is 12.9. The van der Waals surface area contributed by atoms with Gasteiger partial charge in [0.1, 0.15) is 0 Å². The second-order valence-electron chi connectivity index (χ2n) is 4.43. The summed E-state index contributed by atoms with van der Waals surface area (Å²) in [5.74, 6) is 0.676. The Balaban J connectivity index is 2.04. The molecule has 0 aliphatic rings. The number of nitrogens with one attached hydrogen (secondary N) is 1. The molecule has 2 rings (SSSR count). The van der Waals surface area contributed by atoms with E-state index in [9.17, 15) is 4.21 Å². The third kappa shape index (κ3) is 3.10. The zero-order valence-corrected chi connectivity index (χ0v) is 11.4. The average molecular weight is 265 g/mol. The number of rotatable bonds is 6. The third-order valence-corrected chi connectivity index (χ3v) is 4.17. The fraction of sp³-hybridized carbons (Fsp3) is 0.462. The van der Waals surface area contributed by atoms with Crippen LogP contribution in [-0.4, -0.2) is 19.9 Å². The quantitative estimate of drug-likeness (QED) is 0.623. The Morgan fingerprint density at radius 3 is 2.94 bits per heavy atom. The highest BCUT2D eigenvalue weighted by atomic mass is 32.2. The van der Waals surface area contributed by atoms with Crippen LogP contribution in [0.15, 0.2) is 23.4 Å². The maximum atomic E-state index is 12.0. The van der Waals surface area contributed by atoms with Gasteiger partial charge in [-0.25, -0.2) is 4.98 Å². The van der Waals surface area contributed by atoms with E-state index in [4.69, 9.17) is 5.73 Å². The summed E-state index contributed by atoms with van der Waals surface area (Å²) < 4.78 is 12.0. The lowest BCUT2D eigenvalue weighted by Gasteiger charge is -1.98. The molecule has 0 spiro atoms. The standard InChI is InChI=1S/C13H19N3OS/c1-2-3-4-5-8-18(17)13-15-11-7-6-10(14)9-12(11)16-13/h6-7,9H,2-5,8,14H2,1H3,(H,15,16). The average Bonchev–Trinajstić information content (AvgIpc) is 2.77. The van der Waals surface area contributed by atoms with Gasteiger partial charge in [0.2, 0.25) is 0 Å². The summed E-state index contributed by atoms with van der Waals surface area (Å²) in [6.45, 7) is 2.17. The monoisotopic (exact) mass is 265 g/mol. The lowest BCUT2D eigenvalue weighted by Crippen LogP contribution is -2.00. The number of aromatic amines is 1. The van der Waals surface area contributed by atoms with Crippen molar-refractivity contribution >= 4 is 27.5 Å². The molecule has 0 fully saturated rings. The van der Waals surface area contributed by atoms with Crippen LogP contribution in [0.3, 0.4) is 0 Å². The molecule has 0 saturated carbocycles. The number of H-pyrrole nitrogens is 1. The van der Waals surface area contributed by atoms with Gasteiger partial charge in [0, 0.05) is 11.4 Å². The molecule has 0 aliphatic heterocycles. The summed E-state index contributed by atoms with van der Waals surface area (Å²) in [5.41, 5.74) is 8.06. The lowest BCUT2D eigenvalue weighted by atomic mass is 10.2. The molecule has 0 aliphatic carbocycles. The van der Waals surface area contributed by atoms with Crippen molar-refractivity contribution in [2.24, 2.45) is 0 Å². The molecule has 1 atom stereocenters. The van der Waals surface area contributed by atoms with Crippen molar-refractivity contribution in [3.63, 3.8) is 0 Å². The molecular weight excluding hydrogens is 246 g/mol. The molecule has 1 aromatic carbocycles. The van der Waals surface area contributed by atoms with Crippen LogP contribution in [0.2, 0.25) is 0 Å². The van der Waals surface area contributed by atoms with Crippen LogP contribution in [0.4, 0.5) is 5.69 Å². The first-order valence-corrected chi connectivity index (χ1v) is 7.66. The molecular formula is C13H19N3OS. The number of nitrogens with zero attached hydrogens (tertiary/aromatic N) is 1. The molecule has 0 saturated heterocycles. The van der Waals surface area contributed by atoms with Crippen molar-refractivity contribution in [3.8, 4) is 0 Å². The second kappa shape index (κ2) is 6.00. The molecule has 0 bridgehead atoms. The zero-order chi connectivity index (χ0) is 13.0. The van der Waals surface area contributed by atoms with E-state index in [1.165, 1.54) is 12.8 Å². The molecule has 0 radical (unpaired) electrons. The highest BCUT2D eigenvalue weighted by Crippen LogP contribution is 2.17. The fourth-order valence-corrected chi connectivity index (χ4v) is 2.95. The van der Waals surface area contributed by atoms with Gasteiger partial charge in [-0.2, -0.15) is 0 Å². The third-order valence-electron chi connectivity index (χ3n) is 2.88. The summed E-state index contributed by atoms with van der Waals surface area (Å²) in [6.07, 6.45) is 4.51. The maximum Gasteiger partial charge on any atom is 0.197 e. The van der Waals surface area contributed by atoms with E-state index in [0.717, 1.165) is 23.9 Å². The number of nitrogen functional groups attached to an aromatic ring is 1. The van der Waals surface area contributed by atoms with Gasteiger partial charge in [0.15, 0.2) is 5.16 Å². The van der Waals surface area contributed by atoms with Gasteiger partial charge >= 0.3 is 0 Å². The van der Waals surface area contributed by atoms with Gasteiger partial charge in [0.05, 0.1) is 21.8 Å². The van der Waals surface area contributed by atoms with Crippen molar-refractivity contribution in [2.75, 3.05) is 11.5 Å². The van der Waals surface area contributed by atoms with Gasteiger partial charge in [-0.15, -0.1) is 0 Å². The molecule has 0 amide bonds. The number of anilines is 1. The minimum atomic E-state index is -1.03. The Morgan fingerprint density at radius 1 is 1.33 bits per heavy atom. The van der Waals surface area contributed by atoms with E-state index >= 15 is 0 Å². The molecule has 98 valence electrons. The topological polar surface area (TPSA) is 71.8 Å². The number of unbranched alkanes of at least 4 members (excludes halogenated alkanes) is 3. The summed E-state index contributed by atoms with van der Waals surface area (Å²) in [7, 11) is -1.03. The van der Waals surface area contributed by atoms with Crippen molar-refractivity contribution in [1.29, 1.82) is 0 Å². The van der Waals surface area contributed by atoms with Crippen LogP contribution in [0.1, 0.15) is 32.6 Å². The maximum absolute atomic E-state index is 12.0. The minimum Gasteiger partial charge on any atom is -0.399 e. The van der Waals surface area contributed by atoms with Crippen LogP contribution in [0, 0.1) is 0 Å². The number of aromatic nitrogens is 2. The lowest BCUT2D eigenvalue weighted by molar-refractivity contribution is 0.663. The zero-order valence-electron chi connectivity index (χ0n) is 10.6. The predicted octanol–water partition coefficient (Wildman–Crippen LogP) is 2.83. The molecule has 5 heteroatoms. The van der Waals surface area contributed by atoms with E-state index in [1.54, 1.807) is 6.07 Å². The summed E-state index contributed by atoms with van der Waals surface area (Å²) >= 11 is 0. The highest BCUT2D eigenvalue weighted by molar-refractivity contribution is 7.84. The van der Waals surface area contributed by atoms with Crippen molar-refractivity contribution in [1.82, 2.24) is 9.97 Å². The van der Waals surface area contributed by atoms with E-state index in [2.05, 4.69) is 16.9 Å². The van der Waals surface area contributed by atoms with E-state index in [1.807, 2.05) is 12.1 Å². The van der Waals surface area contributed by atoms with Gasteiger partial charge in [-0.1, -0.05) is 26.2 Å². The molecule has 4 nitrogen and oxygen atoms in total. The van der Waals surface area contributed by atoms with Gasteiger partial charge in [0.25, 0.3) is 0 Å². The fourth-order valence-electron chi connectivity index (χ4n) is 1.87. The molecule has 2 aromatic rings. The van der Waals surface area contributed by atoms with Crippen LogP contribution >= 0.6 is 0 Å². The smallest absolute Gasteiger partial charge is 0.197 e. The number of benzene rings is 1. The minimum absolute atomic E-state index is 0.562. The highest BCUT2D eigenvalue weighted by Gasteiger charge is 2.09. The first-order valence-electron chi connectivity index (χ1n) is 6.34. The van der Waals surface area contributed by atoms with Crippen molar-refractivity contribution < 1.29 is 4.21 Å². The molecule has 3 N–H and O–H groups in total. The van der Waals surface area contributed by atoms with E-state index < -0.39 is 10.8 Å². The first kappa shape index (κ1) is 13.1. The number of hydrogen-bond acceptors (Lipinski definition) is 3. The van der Waals surface area contributed by atoms with Crippen LogP contribution in [-0.2, 0) is 10.8 Å². The Bertz CT molecular complexity index is 550. The van der Waals surface area contributed by atoms with Gasteiger partial charge in [-0.05, 0) is 24.6 Å². The number of hydrogen-bond donors (Lipinski definition) is 2. The Morgan fingerprint density at radius 2 is 2.17 bits per heavy atom. The van der Waals surface area contributed by atoms with Crippen LogP contribution < -0.4 is 5.73 Å². The van der Waals surface area contributed by atoms with E-state index in [0.29, 0.717) is 16.6 Å². The predicted molar refractivity (Wildman–Crippen MR) is 75.9 cm³/mol. The Hall–Kier alpha value is -1.36. The van der Waals surface area contributed by atoms with Crippen LogP contribution in [0.5, 0.6) is 0 Å². The molecule has 18 heavy (non-hydrogen) atoms. The van der Waals surface area contributed by atoms with Gasteiger partial charge < -0.3 is 10.7 Å². The van der Waals surface area contributed by atoms with Crippen LogP contribution in [0.25, 0.3) is 11.0 Å². The van der Waals surface area contributed by atoms with Crippen molar-refractivity contribution in [3.05, 3.63) is 18.2 Å². The Labute approximate surface area is 109 Å². The van der Waals surface area contributed by atoms with Crippen molar-refractivity contribution in [2.45, 2.75) is 37.8 Å². The van der Waals surface area contributed by atoms with Gasteiger partial charge in [-0.3, -0.25) is 4.21 Å². The summed E-state index contributed by atoms with van der Waals surface area (Å²) in [4.78, 5) is 7.43. The Kier molecular flexibility index (Phi) is 4.36. The number of fused-ring (bicyclic) bond motifs is 1. The summed E-state index contributed by atoms with van der Waals surface area (Å²) in [6, 6.07) is 5.47. The second-order valence-corrected chi connectivity index (χ2v) is 5.91.